The average molecular weight is 300 g/mol. The molecule has 0 aromatic heterocycles. The number of halogens is 3. The molecule has 1 amide bonds. The largest absolute Gasteiger partial charge is 0.390 e. The highest BCUT2D eigenvalue weighted by atomic mass is 19.4. The Morgan fingerprint density at radius 2 is 1.95 bits per heavy atom. The molecule has 6 heteroatoms. The number of carbonyl (C=O) groups excluding carboxylic acids is 1. The quantitative estimate of drug-likeness (QED) is 0.897. The monoisotopic (exact) mass is 300 g/mol. The molecule has 1 aromatic rings. The van der Waals surface area contributed by atoms with E-state index in [0.717, 1.165) is 12.8 Å². The predicted octanol–water partition coefficient (Wildman–Crippen LogP) is 2.94. The van der Waals surface area contributed by atoms with Crippen LogP contribution >= 0.6 is 0 Å². The summed E-state index contributed by atoms with van der Waals surface area (Å²) in [6.45, 7) is 0.590. The maximum atomic E-state index is 12.8. The first kappa shape index (κ1) is 15.8. The highest BCUT2D eigenvalue weighted by Crippen LogP contribution is 2.30. The second-order valence-corrected chi connectivity index (χ2v) is 5.29. The molecule has 21 heavy (non-hydrogen) atoms. The van der Waals surface area contributed by atoms with Crippen LogP contribution in [0.15, 0.2) is 30.3 Å². The molecule has 1 aliphatic heterocycles. The Balaban J connectivity index is 2.13. The van der Waals surface area contributed by atoms with Crippen LogP contribution in [-0.2, 0) is 4.79 Å². The maximum Gasteiger partial charge on any atom is 0.390 e. The third-order valence-corrected chi connectivity index (χ3v) is 3.58. The summed E-state index contributed by atoms with van der Waals surface area (Å²) in [7, 11) is 0. The standard InChI is InChI=1S/C15H19F3N2O/c16-15(17,18)10-13(11-6-2-1-3-7-11)20-12-8-4-5-9-19-14(12)21/h1-3,6-7,12-13,20H,4-5,8-10H2,(H,19,21). The summed E-state index contributed by atoms with van der Waals surface area (Å²) in [4.78, 5) is 11.9. The molecule has 1 aliphatic rings. The summed E-state index contributed by atoms with van der Waals surface area (Å²) < 4.78 is 38.3. The van der Waals surface area contributed by atoms with Gasteiger partial charge in [-0.2, -0.15) is 13.2 Å². The van der Waals surface area contributed by atoms with Gasteiger partial charge < -0.3 is 5.32 Å². The molecule has 2 atom stereocenters. The minimum atomic E-state index is -4.28. The van der Waals surface area contributed by atoms with Gasteiger partial charge in [-0.3, -0.25) is 10.1 Å². The zero-order chi connectivity index (χ0) is 15.3. The Morgan fingerprint density at radius 3 is 2.62 bits per heavy atom. The topological polar surface area (TPSA) is 41.1 Å². The molecule has 1 heterocycles. The lowest BCUT2D eigenvalue weighted by Crippen LogP contribution is -2.45. The van der Waals surface area contributed by atoms with Crippen LogP contribution in [0.5, 0.6) is 0 Å². The van der Waals surface area contributed by atoms with Crippen molar-refractivity contribution in [2.24, 2.45) is 0 Å². The van der Waals surface area contributed by atoms with Crippen LogP contribution in [0.2, 0.25) is 0 Å². The van der Waals surface area contributed by atoms with E-state index in [1.54, 1.807) is 30.3 Å². The number of amides is 1. The van der Waals surface area contributed by atoms with Crippen LogP contribution in [-0.4, -0.2) is 24.7 Å². The second-order valence-electron chi connectivity index (χ2n) is 5.29. The van der Waals surface area contributed by atoms with Crippen molar-refractivity contribution >= 4 is 5.91 Å². The lowest BCUT2D eigenvalue weighted by molar-refractivity contribution is -0.142. The molecule has 0 spiro atoms. The molecule has 3 nitrogen and oxygen atoms in total. The minimum absolute atomic E-state index is 0.212. The van der Waals surface area contributed by atoms with Gasteiger partial charge in [0, 0.05) is 12.6 Å². The van der Waals surface area contributed by atoms with Gasteiger partial charge >= 0.3 is 6.18 Å². The van der Waals surface area contributed by atoms with Crippen molar-refractivity contribution in [3.63, 3.8) is 0 Å². The lowest BCUT2D eigenvalue weighted by Gasteiger charge is -2.25. The molecule has 0 saturated carbocycles. The van der Waals surface area contributed by atoms with Crippen LogP contribution in [0.3, 0.4) is 0 Å². The van der Waals surface area contributed by atoms with Gasteiger partial charge in [-0.05, 0) is 24.8 Å². The van der Waals surface area contributed by atoms with E-state index < -0.39 is 24.7 Å². The summed E-state index contributed by atoms with van der Waals surface area (Å²) in [5.74, 6) is -0.212. The van der Waals surface area contributed by atoms with E-state index >= 15 is 0 Å². The average Bonchev–Trinajstić information content (AvgIpc) is 2.63. The van der Waals surface area contributed by atoms with Crippen LogP contribution in [0.25, 0.3) is 0 Å². The number of alkyl halides is 3. The Kier molecular flexibility index (Phi) is 5.22. The summed E-state index contributed by atoms with van der Waals surface area (Å²) in [6, 6.07) is 6.99. The van der Waals surface area contributed by atoms with Crippen molar-refractivity contribution in [1.29, 1.82) is 0 Å². The molecule has 2 unspecified atom stereocenters. The van der Waals surface area contributed by atoms with Gasteiger partial charge in [0.1, 0.15) is 0 Å². The van der Waals surface area contributed by atoms with E-state index in [1.165, 1.54) is 0 Å². The highest BCUT2D eigenvalue weighted by Gasteiger charge is 2.34. The normalized spacial score (nSPS) is 21.5. The van der Waals surface area contributed by atoms with Crippen molar-refractivity contribution in [1.82, 2.24) is 10.6 Å². The number of carbonyl (C=O) groups is 1. The van der Waals surface area contributed by atoms with Gasteiger partial charge in [-0.15, -0.1) is 0 Å². The molecule has 1 fully saturated rings. The third-order valence-electron chi connectivity index (χ3n) is 3.58. The Hall–Kier alpha value is -1.56. The molecule has 116 valence electrons. The van der Waals surface area contributed by atoms with Gasteiger partial charge in [-0.25, -0.2) is 0 Å². The molecule has 1 aromatic carbocycles. The minimum Gasteiger partial charge on any atom is -0.355 e. The van der Waals surface area contributed by atoms with E-state index in [2.05, 4.69) is 10.6 Å². The van der Waals surface area contributed by atoms with E-state index in [0.29, 0.717) is 18.5 Å². The van der Waals surface area contributed by atoms with Gasteiger partial charge in [0.25, 0.3) is 0 Å². The fourth-order valence-electron chi connectivity index (χ4n) is 2.53. The van der Waals surface area contributed by atoms with E-state index in [-0.39, 0.29) is 5.91 Å². The molecule has 0 bridgehead atoms. The van der Waals surface area contributed by atoms with Gasteiger partial charge in [-0.1, -0.05) is 30.3 Å². The van der Waals surface area contributed by atoms with Gasteiger partial charge in [0.05, 0.1) is 12.5 Å². The van der Waals surface area contributed by atoms with E-state index in [9.17, 15) is 18.0 Å². The fourth-order valence-corrected chi connectivity index (χ4v) is 2.53. The second kappa shape index (κ2) is 6.93. The summed E-state index contributed by atoms with van der Waals surface area (Å²) in [5.41, 5.74) is 0.548. The van der Waals surface area contributed by atoms with Crippen molar-refractivity contribution in [3.05, 3.63) is 35.9 Å². The smallest absolute Gasteiger partial charge is 0.355 e. The number of nitrogens with one attached hydrogen (secondary N) is 2. The zero-order valence-corrected chi connectivity index (χ0v) is 11.6. The predicted molar refractivity (Wildman–Crippen MR) is 73.6 cm³/mol. The molecule has 2 N–H and O–H groups in total. The van der Waals surface area contributed by atoms with Crippen LogP contribution in [0.4, 0.5) is 13.2 Å². The third kappa shape index (κ3) is 5.04. The lowest BCUT2D eigenvalue weighted by atomic mass is 10.0. The van der Waals surface area contributed by atoms with Crippen molar-refractivity contribution in [2.45, 2.75) is 43.9 Å². The summed E-state index contributed by atoms with van der Waals surface area (Å²) in [5, 5.41) is 5.62. The van der Waals surface area contributed by atoms with E-state index in [1.807, 2.05) is 0 Å². The van der Waals surface area contributed by atoms with Crippen LogP contribution in [0, 0.1) is 0 Å². The molecular weight excluding hydrogens is 281 g/mol. The van der Waals surface area contributed by atoms with Crippen molar-refractivity contribution in [3.8, 4) is 0 Å². The van der Waals surface area contributed by atoms with Crippen molar-refractivity contribution in [2.75, 3.05) is 6.54 Å². The Bertz CT molecular complexity index is 462. The van der Waals surface area contributed by atoms with Gasteiger partial charge in [0.2, 0.25) is 5.91 Å². The number of rotatable bonds is 4. The summed E-state index contributed by atoms with van der Waals surface area (Å²) >= 11 is 0. The highest BCUT2D eigenvalue weighted by molar-refractivity contribution is 5.81. The first-order chi connectivity index (χ1) is 9.96. The number of hydrogen-bond donors (Lipinski definition) is 2. The number of benzene rings is 1. The molecule has 0 radical (unpaired) electrons. The molecule has 2 rings (SSSR count). The molecule has 0 aliphatic carbocycles. The first-order valence-electron chi connectivity index (χ1n) is 7.11. The van der Waals surface area contributed by atoms with Gasteiger partial charge in [0.15, 0.2) is 0 Å². The zero-order valence-electron chi connectivity index (χ0n) is 11.6. The molecule has 1 saturated heterocycles. The molecular formula is C15H19F3N2O. The first-order valence-corrected chi connectivity index (χ1v) is 7.11. The Labute approximate surface area is 121 Å². The Morgan fingerprint density at radius 1 is 1.24 bits per heavy atom. The maximum absolute atomic E-state index is 12.8. The number of hydrogen-bond acceptors (Lipinski definition) is 2. The van der Waals surface area contributed by atoms with E-state index in [4.69, 9.17) is 0 Å². The SMILES string of the molecule is O=C1NCCCCC1NC(CC(F)(F)F)c1ccccc1. The van der Waals surface area contributed by atoms with Crippen molar-refractivity contribution < 1.29 is 18.0 Å². The fraction of sp³-hybridized carbons (Fsp3) is 0.533. The summed E-state index contributed by atoms with van der Waals surface area (Å²) in [6.07, 6.45) is -3.02. The van der Waals surface area contributed by atoms with Crippen LogP contribution < -0.4 is 10.6 Å². The van der Waals surface area contributed by atoms with Crippen LogP contribution in [0.1, 0.15) is 37.3 Å².